The molecule has 2 atom stereocenters. The molecule has 1 N–H and O–H groups in total. The number of hydrogen-bond donors (Lipinski definition) is 1. The standard InChI is InChI=1S/C30H31N5O6/c1-38-22-7-4-6-21(15-22)29(30(37)31-16-23-8-5-13-39-23)34(17-20-11-12-26-27(14-20)41-19-40-26)28(36)18-35-25-10-3-2-9-24(25)32-33-35/h2-4,6-7,9-12,14-15,23,29H,5,8,13,16-19H2,1H3,(H,31,37)/t23-,29-/m1/s1. The van der Waals surface area contributed by atoms with Crippen LogP contribution in [0.15, 0.2) is 66.7 Å². The lowest BCUT2D eigenvalue weighted by molar-refractivity contribution is -0.142. The van der Waals surface area contributed by atoms with Crippen LogP contribution in [0, 0.1) is 0 Å². The summed E-state index contributed by atoms with van der Waals surface area (Å²) in [5.41, 5.74) is 2.81. The van der Waals surface area contributed by atoms with Gasteiger partial charge in [-0.15, -0.1) is 5.10 Å². The molecule has 1 saturated heterocycles. The van der Waals surface area contributed by atoms with E-state index in [2.05, 4.69) is 15.6 Å². The number of nitrogens with zero attached hydrogens (tertiary/aromatic N) is 4. The van der Waals surface area contributed by atoms with E-state index in [9.17, 15) is 9.59 Å². The number of methoxy groups -OCH3 is 1. The monoisotopic (exact) mass is 557 g/mol. The van der Waals surface area contributed by atoms with E-state index in [0.717, 1.165) is 23.9 Å². The van der Waals surface area contributed by atoms with Gasteiger partial charge in [-0.2, -0.15) is 0 Å². The molecule has 4 aromatic rings. The van der Waals surface area contributed by atoms with Crippen LogP contribution in [0.4, 0.5) is 0 Å². The lowest BCUT2D eigenvalue weighted by Crippen LogP contribution is -2.46. The Bertz CT molecular complexity index is 1550. The van der Waals surface area contributed by atoms with E-state index in [0.29, 0.717) is 41.5 Å². The molecule has 3 heterocycles. The molecule has 6 rings (SSSR count). The van der Waals surface area contributed by atoms with Crippen LogP contribution in [-0.2, 0) is 27.4 Å². The van der Waals surface area contributed by atoms with Crippen molar-refractivity contribution in [2.45, 2.75) is 38.1 Å². The number of nitrogens with one attached hydrogen (secondary N) is 1. The molecule has 2 aliphatic heterocycles. The van der Waals surface area contributed by atoms with Gasteiger partial charge in [0.15, 0.2) is 11.5 Å². The van der Waals surface area contributed by atoms with Crippen molar-refractivity contribution in [1.82, 2.24) is 25.2 Å². The zero-order valence-electron chi connectivity index (χ0n) is 22.7. The van der Waals surface area contributed by atoms with Crippen molar-refractivity contribution >= 4 is 22.8 Å². The number of rotatable bonds is 10. The Hall–Kier alpha value is -4.64. The lowest BCUT2D eigenvalue weighted by atomic mass is 10.0. The first-order valence-electron chi connectivity index (χ1n) is 13.6. The van der Waals surface area contributed by atoms with Gasteiger partial charge in [0, 0.05) is 19.7 Å². The molecule has 11 nitrogen and oxygen atoms in total. The normalized spacial score (nSPS) is 16.5. The van der Waals surface area contributed by atoms with Gasteiger partial charge in [-0.05, 0) is 60.4 Å². The average Bonchev–Trinajstić information content (AvgIpc) is 3.77. The van der Waals surface area contributed by atoms with Gasteiger partial charge in [0.25, 0.3) is 0 Å². The minimum atomic E-state index is -0.959. The summed E-state index contributed by atoms with van der Waals surface area (Å²) in [6.07, 6.45) is 1.79. The fourth-order valence-electron chi connectivity index (χ4n) is 5.21. The average molecular weight is 558 g/mol. The van der Waals surface area contributed by atoms with Gasteiger partial charge in [0.05, 0.1) is 18.7 Å². The molecule has 1 aromatic heterocycles. The predicted molar refractivity (Wildman–Crippen MR) is 148 cm³/mol. The second-order valence-corrected chi connectivity index (χ2v) is 10.0. The number of ether oxygens (including phenoxy) is 4. The van der Waals surface area contributed by atoms with Crippen molar-refractivity contribution in [3.8, 4) is 17.2 Å². The minimum Gasteiger partial charge on any atom is -0.497 e. The third-order valence-electron chi connectivity index (χ3n) is 7.31. The van der Waals surface area contributed by atoms with Crippen LogP contribution in [0.3, 0.4) is 0 Å². The third kappa shape index (κ3) is 5.80. The highest BCUT2D eigenvalue weighted by molar-refractivity contribution is 5.89. The Morgan fingerprint density at radius 1 is 1.10 bits per heavy atom. The van der Waals surface area contributed by atoms with Crippen molar-refractivity contribution in [3.05, 3.63) is 77.9 Å². The van der Waals surface area contributed by atoms with Gasteiger partial charge in [-0.25, -0.2) is 4.68 Å². The summed E-state index contributed by atoms with van der Waals surface area (Å²) in [6, 6.07) is 19.2. The number of fused-ring (bicyclic) bond motifs is 2. The highest BCUT2D eigenvalue weighted by Crippen LogP contribution is 2.34. The van der Waals surface area contributed by atoms with Gasteiger partial charge in [-0.3, -0.25) is 9.59 Å². The lowest BCUT2D eigenvalue weighted by Gasteiger charge is -2.32. The SMILES string of the molecule is COc1cccc([C@H](C(=O)NC[C@H]2CCCO2)N(Cc2ccc3c(c2)OCO3)C(=O)Cn2nnc3ccccc32)c1. The summed E-state index contributed by atoms with van der Waals surface area (Å²) >= 11 is 0. The van der Waals surface area contributed by atoms with Crippen LogP contribution in [0.25, 0.3) is 11.0 Å². The van der Waals surface area contributed by atoms with Crippen molar-refractivity contribution in [1.29, 1.82) is 0 Å². The zero-order valence-corrected chi connectivity index (χ0v) is 22.7. The number of carbonyl (C=O) groups is 2. The summed E-state index contributed by atoms with van der Waals surface area (Å²) in [7, 11) is 1.57. The predicted octanol–water partition coefficient (Wildman–Crippen LogP) is 3.23. The maximum absolute atomic E-state index is 14.2. The number of hydrogen-bond acceptors (Lipinski definition) is 8. The summed E-state index contributed by atoms with van der Waals surface area (Å²) in [5.74, 6) is 1.19. The Morgan fingerprint density at radius 3 is 2.83 bits per heavy atom. The number of carbonyl (C=O) groups excluding carboxylic acids is 2. The molecular weight excluding hydrogens is 526 g/mol. The number of amides is 2. The van der Waals surface area contributed by atoms with Crippen molar-refractivity contribution in [2.75, 3.05) is 27.1 Å². The largest absolute Gasteiger partial charge is 0.497 e. The molecule has 0 bridgehead atoms. The molecule has 2 amide bonds. The Morgan fingerprint density at radius 2 is 1.98 bits per heavy atom. The second-order valence-electron chi connectivity index (χ2n) is 10.0. The van der Waals surface area contributed by atoms with Gasteiger partial charge in [0.2, 0.25) is 18.6 Å². The van der Waals surface area contributed by atoms with Crippen molar-refractivity contribution in [2.24, 2.45) is 0 Å². The van der Waals surface area contributed by atoms with E-state index in [1.807, 2.05) is 54.6 Å². The topological polar surface area (TPSA) is 117 Å². The third-order valence-corrected chi connectivity index (χ3v) is 7.31. The van der Waals surface area contributed by atoms with Crippen LogP contribution in [0.5, 0.6) is 17.2 Å². The Kier molecular flexibility index (Phi) is 7.68. The first kappa shape index (κ1) is 26.6. The highest BCUT2D eigenvalue weighted by atomic mass is 16.7. The highest BCUT2D eigenvalue weighted by Gasteiger charge is 2.33. The molecule has 0 saturated carbocycles. The maximum Gasteiger partial charge on any atom is 0.247 e. The van der Waals surface area contributed by atoms with Crippen LogP contribution < -0.4 is 19.5 Å². The molecule has 0 spiro atoms. The minimum absolute atomic E-state index is 0.0515. The molecule has 0 unspecified atom stereocenters. The molecule has 3 aromatic carbocycles. The van der Waals surface area contributed by atoms with E-state index in [1.165, 1.54) is 0 Å². The van der Waals surface area contributed by atoms with E-state index in [1.54, 1.807) is 28.8 Å². The van der Waals surface area contributed by atoms with Crippen LogP contribution in [0.2, 0.25) is 0 Å². The summed E-state index contributed by atoms with van der Waals surface area (Å²) in [4.78, 5) is 29.7. The summed E-state index contributed by atoms with van der Waals surface area (Å²) < 4.78 is 23.8. The summed E-state index contributed by atoms with van der Waals surface area (Å²) in [6.45, 7) is 1.21. The molecule has 11 heteroatoms. The van der Waals surface area contributed by atoms with Crippen LogP contribution in [0.1, 0.15) is 30.0 Å². The first-order valence-corrected chi connectivity index (χ1v) is 13.6. The van der Waals surface area contributed by atoms with Gasteiger partial charge >= 0.3 is 0 Å². The van der Waals surface area contributed by atoms with Crippen LogP contribution in [-0.4, -0.2) is 64.9 Å². The Labute approximate surface area is 236 Å². The second kappa shape index (κ2) is 11.8. The maximum atomic E-state index is 14.2. The smallest absolute Gasteiger partial charge is 0.247 e. The summed E-state index contributed by atoms with van der Waals surface area (Å²) in [5, 5.41) is 11.4. The fourth-order valence-corrected chi connectivity index (χ4v) is 5.21. The molecule has 0 radical (unpaired) electrons. The molecular formula is C30H31N5O6. The molecule has 1 fully saturated rings. The fraction of sp³-hybridized carbons (Fsp3) is 0.333. The van der Waals surface area contributed by atoms with Crippen LogP contribution >= 0.6 is 0 Å². The van der Waals surface area contributed by atoms with E-state index in [-0.39, 0.29) is 37.8 Å². The zero-order chi connectivity index (χ0) is 28.2. The molecule has 212 valence electrons. The molecule has 2 aliphatic rings. The van der Waals surface area contributed by atoms with Gasteiger partial charge in [-0.1, -0.05) is 35.5 Å². The molecule has 41 heavy (non-hydrogen) atoms. The van der Waals surface area contributed by atoms with Crippen molar-refractivity contribution < 1.29 is 28.5 Å². The van der Waals surface area contributed by atoms with Gasteiger partial charge < -0.3 is 29.2 Å². The quantitative estimate of drug-likeness (QED) is 0.316. The number of benzene rings is 3. The van der Waals surface area contributed by atoms with E-state index < -0.39 is 6.04 Å². The first-order chi connectivity index (χ1) is 20.1. The number of para-hydroxylation sites is 1. The van der Waals surface area contributed by atoms with E-state index in [4.69, 9.17) is 18.9 Å². The molecule has 0 aliphatic carbocycles. The Balaban J connectivity index is 1.37. The number of aromatic nitrogens is 3. The van der Waals surface area contributed by atoms with Gasteiger partial charge in [0.1, 0.15) is 23.9 Å². The van der Waals surface area contributed by atoms with E-state index >= 15 is 0 Å². The van der Waals surface area contributed by atoms with Crippen molar-refractivity contribution in [3.63, 3.8) is 0 Å².